The Morgan fingerprint density at radius 3 is 2.67 bits per heavy atom. The number of nitrogens with two attached hydrogens (primary N) is 1. The van der Waals surface area contributed by atoms with Crippen LogP contribution in [0.5, 0.6) is 5.75 Å². The highest BCUT2D eigenvalue weighted by Crippen LogP contribution is 2.26. The Labute approximate surface area is 125 Å². The molecular weight excluding hydrogens is 292 g/mol. The molecule has 0 atom stereocenters. The first-order valence-corrected chi connectivity index (χ1v) is 6.85. The third kappa shape index (κ3) is 3.14. The second-order valence-corrected chi connectivity index (χ2v) is 4.98. The molecule has 0 radical (unpaired) electrons. The summed E-state index contributed by atoms with van der Waals surface area (Å²) in [5, 5.41) is 4.36. The number of hydrogen-bond acceptors (Lipinski definition) is 6. The minimum Gasteiger partial charge on any atom is -0.496 e. The molecule has 2 rings (SSSR count). The molecule has 0 bridgehead atoms. The molecular formula is C14H14N2O4S. The van der Waals surface area contributed by atoms with Gasteiger partial charge in [0.25, 0.3) is 5.91 Å². The first kappa shape index (κ1) is 14.9. The second kappa shape index (κ2) is 6.27. The molecule has 0 spiro atoms. The lowest BCUT2D eigenvalue weighted by atomic mass is 10.1. The van der Waals surface area contributed by atoms with Crippen LogP contribution in [0, 0.1) is 0 Å². The fourth-order valence-electron chi connectivity index (χ4n) is 1.74. The highest BCUT2D eigenvalue weighted by Gasteiger charge is 2.18. The second-order valence-electron chi connectivity index (χ2n) is 4.07. The fraction of sp³-hybridized carbons (Fsp3) is 0.143. The SMILES string of the molecule is COC(=O)c1sccc1NC(=O)c1ccc(N)cc1OC. The molecule has 1 aromatic heterocycles. The zero-order chi connectivity index (χ0) is 15.4. The molecule has 0 aliphatic rings. The molecule has 1 amide bonds. The van der Waals surface area contributed by atoms with Crippen molar-refractivity contribution >= 4 is 34.6 Å². The molecule has 110 valence electrons. The summed E-state index contributed by atoms with van der Waals surface area (Å²) in [6, 6.07) is 6.36. The zero-order valence-corrected chi connectivity index (χ0v) is 12.3. The Hall–Kier alpha value is -2.54. The molecule has 3 N–H and O–H groups in total. The van der Waals surface area contributed by atoms with E-state index in [9.17, 15) is 9.59 Å². The Morgan fingerprint density at radius 2 is 2.00 bits per heavy atom. The molecule has 0 saturated heterocycles. The number of anilines is 2. The van der Waals surface area contributed by atoms with Gasteiger partial charge < -0.3 is 20.5 Å². The minimum absolute atomic E-state index is 0.328. The molecule has 2 aromatic rings. The zero-order valence-electron chi connectivity index (χ0n) is 11.5. The lowest BCUT2D eigenvalue weighted by Crippen LogP contribution is -2.15. The van der Waals surface area contributed by atoms with Gasteiger partial charge in [0.1, 0.15) is 10.6 Å². The van der Waals surface area contributed by atoms with Gasteiger partial charge in [-0.25, -0.2) is 4.79 Å². The van der Waals surface area contributed by atoms with E-state index in [4.69, 9.17) is 10.5 Å². The van der Waals surface area contributed by atoms with E-state index < -0.39 is 11.9 Å². The van der Waals surface area contributed by atoms with Crippen LogP contribution in [0.4, 0.5) is 11.4 Å². The van der Waals surface area contributed by atoms with Gasteiger partial charge in [0.2, 0.25) is 0 Å². The van der Waals surface area contributed by atoms with Crippen LogP contribution in [0.1, 0.15) is 20.0 Å². The molecule has 1 aromatic carbocycles. The van der Waals surface area contributed by atoms with E-state index in [0.29, 0.717) is 27.6 Å². The number of methoxy groups -OCH3 is 2. The number of hydrogen-bond donors (Lipinski definition) is 2. The van der Waals surface area contributed by atoms with Gasteiger partial charge in [0.15, 0.2) is 0 Å². The number of rotatable bonds is 4. The van der Waals surface area contributed by atoms with Crippen molar-refractivity contribution in [3.8, 4) is 5.75 Å². The molecule has 0 aliphatic carbocycles. The summed E-state index contributed by atoms with van der Waals surface area (Å²) in [4.78, 5) is 24.2. The van der Waals surface area contributed by atoms with E-state index in [1.807, 2.05) is 0 Å². The maximum absolute atomic E-state index is 12.3. The van der Waals surface area contributed by atoms with Crippen molar-refractivity contribution in [2.24, 2.45) is 0 Å². The Kier molecular flexibility index (Phi) is 4.44. The summed E-state index contributed by atoms with van der Waals surface area (Å²) in [6.45, 7) is 0. The van der Waals surface area contributed by atoms with Gasteiger partial charge in [-0.1, -0.05) is 0 Å². The summed E-state index contributed by atoms with van der Waals surface area (Å²) < 4.78 is 9.80. The van der Waals surface area contributed by atoms with E-state index in [-0.39, 0.29) is 0 Å². The van der Waals surface area contributed by atoms with Crippen molar-refractivity contribution in [1.29, 1.82) is 0 Å². The third-order valence-corrected chi connectivity index (χ3v) is 3.65. The molecule has 1 heterocycles. The number of carbonyl (C=O) groups is 2. The van der Waals surface area contributed by atoms with Crippen molar-refractivity contribution in [1.82, 2.24) is 0 Å². The largest absolute Gasteiger partial charge is 0.496 e. The number of carbonyl (C=O) groups excluding carboxylic acids is 2. The fourth-order valence-corrected chi connectivity index (χ4v) is 2.51. The quantitative estimate of drug-likeness (QED) is 0.668. The van der Waals surface area contributed by atoms with Crippen molar-refractivity contribution in [2.45, 2.75) is 0 Å². The van der Waals surface area contributed by atoms with Crippen LogP contribution in [0.3, 0.4) is 0 Å². The number of nitrogens with one attached hydrogen (secondary N) is 1. The molecule has 0 unspecified atom stereocenters. The van der Waals surface area contributed by atoms with Crippen molar-refractivity contribution < 1.29 is 19.1 Å². The standard InChI is InChI=1S/C14H14N2O4S/c1-19-11-7-8(15)3-4-9(11)13(17)16-10-5-6-21-12(10)14(18)20-2/h3-7H,15H2,1-2H3,(H,16,17). The van der Waals surface area contributed by atoms with Gasteiger partial charge >= 0.3 is 5.97 Å². The summed E-state index contributed by atoms with van der Waals surface area (Å²) in [5.74, 6) is -0.526. The molecule has 7 heteroatoms. The highest BCUT2D eigenvalue weighted by molar-refractivity contribution is 7.12. The van der Waals surface area contributed by atoms with Gasteiger partial charge in [-0.05, 0) is 23.6 Å². The smallest absolute Gasteiger partial charge is 0.350 e. The topological polar surface area (TPSA) is 90.7 Å². The van der Waals surface area contributed by atoms with Gasteiger partial charge in [0.05, 0.1) is 25.5 Å². The normalized spacial score (nSPS) is 10.0. The number of benzene rings is 1. The van der Waals surface area contributed by atoms with Crippen LogP contribution >= 0.6 is 11.3 Å². The predicted molar refractivity (Wildman–Crippen MR) is 81.0 cm³/mol. The summed E-state index contributed by atoms with van der Waals surface area (Å²) in [7, 11) is 2.74. The Morgan fingerprint density at radius 1 is 1.24 bits per heavy atom. The third-order valence-electron chi connectivity index (χ3n) is 2.75. The summed E-state index contributed by atoms with van der Waals surface area (Å²) in [6.07, 6.45) is 0. The predicted octanol–water partition coefficient (Wildman–Crippen LogP) is 2.38. The Balaban J connectivity index is 2.27. The minimum atomic E-state index is -0.496. The van der Waals surface area contributed by atoms with Crippen molar-refractivity contribution in [3.63, 3.8) is 0 Å². The van der Waals surface area contributed by atoms with Crippen LogP contribution in [0.2, 0.25) is 0 Å². The van der Waals surface area contributed by atoms with E-state index in [2.05, 4.69) is 10.1 Å². The Bertz CT molecular complexity index is 681. The summed E-state index contributed by atoms with van der Waals surface area (Å²) >= 11 is 1.19. The number of ether oxygens (including phenoxy) is 2. The van der Waals surface area contributed by atoms with Gasteiger partial charge in [0, 0.05) is 11.8 Å². The highest BCUT2D eigenvalue weighted by atomic mass is 32.1. The van der Waals surface area contributed by atoms with Crippen molar-refractivity contribution in [3.05, 3.63) is 40.1 Å². The first-order valence-electron chi connectivity index (χ1n) is 5.97. The average Bonchev–Trinajstić information content (AvgIpc) is 2.94. The van der Waals surface area contributed by atoms with E-state index >= 15 is 0 Å². The summed E-state index contributed by atoms with van der Waals surface area (Å²) in [5.41, 5.74) is 6.87. The lowest BCUT2D eigenvalue weighted by Gasteiger charge is -2.10. The van der Waals surface area contributed by atoms with Gasteiger partial charge in [-0.3, -0.25) is 4.79 Å². The average molecular weight is 306 g/mol. The van der Waals surface area contributed by atoms with E-state index in [0.717, 1.165) is 0 Å². The van der Waals surface area contributed by atoms with E-state index in [1.54, 1.807) is 29.6 Å². The van der Waals surface area contributed by atoms with E-state index in [1.165, 1.54) is 25.6 Å². The monoisotopic (exact) mass is 306 g/mol. The molecule has 0 saturated carbocycles. The number of esters is 1. The lowest BCUT2D eigenvalue weighted by molar-refractivity contribution is 0.0607. The molecule has 21 heavy (non-hydrogen) atoms. The molecule has 6 nitrogen and oxygen atoms in total. The number of amides is 1. The van der Waals surface area contributed by atoms with Crippen LogP contribution < -0.4 is 15.8 Å². The van der Waals surface area contributed by atoms with Crippen molar-refractivity contribution in [2.75, 3.05) is 25.3 Å². The van der Waals surface area contributed by atoms with Crippen LogP contribution in [-0.2, 0) is 4.74 Å². The molecule has 0 fully saturated rings. The maximum atomic E-state index is 12.3. The molecule has 0 aliphatic heterocycles. The maximum Gasteiger partial charge on any atom is 0.350 e. The van der Waals surface area contributed by atoms with Gasteiger partial charge in [-0.2, -0.15) is 0 Å². The number of nitrogen functional groups attached to an aromatic ring is 1. The van der Waals surface area contributed by atoms with Crippen LogP contribution in [0.25, 0.3) is 0 Å². The van der Waals surface area contributed by atoms with Crippen LogP contribution in [-0.4, -0.2) is 26.1 Å². The van der Waals surface area contributed by atoms with Crippen LogP contribution in [0.15, 0.2) is 29.6 Å². The first-order chi connectivity index (χ1) is 10.1. The number of thiophene rings is 1. The van der Waals surface area contributed by atoms with Gasteiger partial charge in [-0.15, -0.1) is 11.3 Å².